The Morgan fingerprint density at radius 2 is 2.13 bits per heavy atom. The lowest BCUT2D eigenvalue weighted by Gasteiger charge is -2.34. The van der Waals surface area contributed by atoms with Crippen LogP contribution in [0.25, 0.3) is 11.0 Å². The van der Waals surface area contributed by atoms with Gasteiger partial charge in [0, 0.05) is 20.1 Å². The number of hydrogen-bond acceptors (Lipinski definition) is 5. The lowest BCUT2D eigenvalue weighted by atomic mass is 10.1. The molecule has 1 aliphatic rings. The molecule has 0 aliphatic carbocycles. The number of likely N-dealkylation sites (N-methyl/N-ethyl adjacent to an activating group) is 1. The summed E-state index contributed by atoms with van der Waals surface area (Å²) in [6, 6.07) is 3.00. The van der Waals surface area contributed by atoms with Crippen LogP contribution in [0.3, 0.4) is 0 Å². The van der Waals surface area contributed by atoms with Crippen LogP contribution in [0.4, 0.5) is 27.9 Å². The number of carbonyl (C=O) groups is 1. The normalized spacial score (nSPS) is 19.7. The van der Waals surface area contributed by atoms with Gasteiger partial charge in [0.1, 0.15) is 36.7 Å². The van der Waals surface area contributed by atoms with Gasteiger partial charge in [-0.2, -0.15) is 18.4 Å². The molecule has 0 spiro atoms. The quantitative estimate of drug-likeness (QED) is 0.749. The van der Waals surface area contributed by atoms with Crippen molar-refractivity contribution in [2.24, 2.45) is 5.73 Å². The number of alkyl halides is 4. The molecule has 1 fully saturated rings. The molecular weight excluding hydrogens is 411 g/mol. The first-order valence-corrected chi connectivity index (χ1v) is 9.05. The summed E-state index contributed by atoms with van der Waals surface area (Å²) in [5, 5.41) is 9.30. The number of benzene rings is 1. The van der Waals surface area contributed by atoms with Crippen LogP contribution in [0.15, 0.2) is 12.1 Å². The summed E-state index contributed by atoms with van der Waals surface area (Å²) in [7, 11) is 1.00. The zero-order valence-corrected chi connectivity index (χ0v) is 16.0. The van der Waals surface area contributed by atoms with Crippen molar-refractivity contribution in [2.75, 3.05) is 31.6 Å². The number of nitriles is 1. The topological polar surface area (TPSA) is 91.2 Å². The van der Waals surface area contributed by atoms with Crippen molar-refractivity contribution in [3.05, 3.63) is 23.5 Å². The second kappa shape index (κ2) is 8.06. The van der Waals surface area contributed by atoms with E-state index in [-0.39, 0.29) is 42.1 Å². The first kappa shape index (κ1) is 21.8. The van der Waals surface area contributed by atoms with Gasteiger partial charge in [0.05, 0.1) is 17.1 Å². The number of fused-ring (bicyclic) bond motifs is 1. The molecule has 1 aromatic heterocycles. The SMILES string of the molecule is CN(CC(F)(F)F)C(=O)Cn1c(N2CC[C@@H](F)[C@H](N)C2)nc2c(C#N)cc(F)cc21. The first-order chi connectivity index (χ1) is 14.0. The number of rotatable bonds is 4. The smallest absolute Gasteiger partial charge is 0.340 e. The van der Waals surface area contributed by atoms with Crippen LogP contribution in [0.1, 0.15) is 12.0 Å². The maximum absolute atomic E-state index is 14.0. The van der Waals surface area contributed by atoms with Crippen molar-refractivity contribution in [3.63, 3.8) is 0 Å². The average Bonchev–Trinajstić information content (AvgIpc) is 3.00. The third-order valence-electron chi connectivity index (χ3n) is 4.91. The first-order valence-electron chi connectivity index (χ1n) is 9.05. The van der Waals surface area contributed by atoms with Gasteiger partial charge in [-0.1, -0.05) is 0 Å². The van der Waals surface area contributed by atoms with E-state index < -0.39 is 43.2 Å². The fourth-order valence-corrected chi connectivity index (χ4v) is 3.41. The number of imidazole rings is 1. The molecule has 0 radical (unpaired) electrons. The molecule has 12 heteroatoms. The summed E-state index contributed by atoms with van der Waals surface area (Å²) in [6.07, 6.45) is -5.72. The second-order valence-corrected chi connectivity index (χ2v) is 7.21. The van der Waals surface area contributed by atoms with E-state index in [0.29, 0.717) is 4.90 Å². The zero-order chi connectivity index (χ0) is 22.2. The Kier molecular flexibility index (Phi) is 5.85. The molecule has 0 unspecified atom stereocenters. The molecule has 7 nitrogen and oxygen atoms in total. The second-order valence-electron chi connectivity index (χ2n) is 7.21. The van der Waals surface area contributed by atoms with E-state index in [4.69, 9.17) is 5.73 Å². The molecule has 30 heavy (non-hydrogen) atoms. The van der Waals surface area contributed by atoms with Crippen molar-refractivity contribution in [3.8, 4) is 6.07 Å². The zero-order valence-electron chi connectivity index (χ0n) is 16.0. The Morgan fingerprint density at radius 1 is 1.43 bits per heavy atom. The average molecular weight is 430 g/mol. The van der Waals surface area contributed by atoms with E-state index in [1.807, 2.05) is 6.07 Å². The highest BCUT2D eigenvalue weighted by atomic mass is 19.4. The maximum Gasteiger partial charge on any atom is 0.406 e. The van der Waals surface area contributed by atoms with Gasteiger partial charge in [0.2, 0.25) is 11.9 Å². The van der Waals surface area contributed by atoms with Crippen LogP contribution in [0.5, 0.6) is 0 Å². The number of piperidine rings is 1. The molecule has 2 heterocycles. The van der Waals surface area contributed by atoms with Gasteiger partial charge in [0.25, 0.3) is 0 Å². The van der Waals surface area contributed by atoms with Gasteiger partial charge in [-0.05, 0) is 18.6 Å². The molecule has 2 aromatic rings. The number of carbonyl (C=O) groups excluding carboxylic acids is 1. The molecule has 0 bridgehead atoms. The Balaban J connectivity index is 2.05. The van der Waals surface area contributed by atoms with E-state index >= 15 is 0 Å². The monoisotopic (exact) mass is 430 g/mol. The molecule has 162 valence electrons. The molecular formula is C18H19F5N6O. The fraction of sp³-hybridized carbons (Fsp3) is 0.500. The molecule has 2 atom stereocenters. The standard InChI is InChI=1S/C18H19F5N6O/c1-27(9-18(21,22)23)15(30)8-29-14-5-11(19)4-10(6-24)16(14)26-17(29)28-3-2-12(20)13(25)7-28/h4-5,12-13H,2-3,7-9,25H2,1H3/t12-,13-/m1/s1. The highest BCUT2D eigenvalue weighted by Gasteiger charge is 2.33. The lowest BCUT2D eigenvalue weighted by Crippen LogP contribution is -2.50. The summed E-state index contributed by atoms with van der Waals surface area (Å²) < 4.78 is 67.0. The molecule has 2 N–H and O–H groups in total. The number of nitrogens with zero attached hydrogens (tertiary/aromatic N) is 5. The minimum absolute atomic E-state index is 0.0431. The number of aromatic nitrogens is 2. The van der Waals surface area contributed by atoms with Gasteiger partial charge in [0.15, 0.2) is 0 Å². The number of anilines is 1. The van der Waals surface area contributed by atoms with Gasteiger partial charge < -0.3 is 20.1 Å². The largest absolute Gasteiger partial charge is 0.406 e. The predicted octanol–water partition coefficient (Wildman–Crippen LogP) is 1.94. The van der Waals surface area contributed by atoms with E-state index in [2.05, 4.69) is 4.98 Å². The van der Waals surface area contributed by atoms with Gasteiger partial charge >= 0.3 is 6.18 Å². The predicted molar refractivity (Wildman–Crippen MR) is 97.8 cm³/mol. The van der Waals surface area contributed by atoms with Crippen molar-refractivity contribution in [2.45, 2.75) is 31.4 Å². The van der Waals surface area contributed by atoms with Crippen LogP contribution in [-0.4, -0.2) is 65.4 Å². The van der Waals surface area contributed by atoms with Gasteiger partial charge in [-0.25, -0.2) is 13.8 Å². The lowest BCUT2D eigenvalue weighted by molar-refractivity contribution is -0.158. The molecule has 1 aliphatic heterocycles. The minimum atomic E-state index is -4.58. The Labute approximate surface area is 168 Å². The minimum Gasteiger partial charge on any atom is -0.340 e. The van der Waals surface area contributed by atoms with Crippen LogP contribution in [0, 0.1) is 17.1 Å². The summed E-state index contributed by atoms with van der Waals surface area (Å²) in [5.74, 6) is -1.54. The fourth-order valence-electron chi connectivity index (χ4n) is 3.41. The summed E-state index contributed by atoms with van der Waals surface area (Å²) in [6.45, 7) is -1.79. The summed E-state index contributed by atoms with van der Waals surface area (Å²) in [4.78, 5) is 18.8. The van der Waals surface area contributed by atoms with E-state index in [1.54, 1.807) is 4.90 Å². The Bertz CT molecular complexity index is 998. The van der Waals surface area contributed by atoms with E-state index in [9.17, 15) is 32.0 Å². The summed E-state index contributed by atoms with van der Waals surface area (Å²) >= 11 is 0. The Hall–Kier alpha value is -2.94. The van der Waals surface area contributed by atoms with Crippen molar-refractivity contribution >= 4 is 22.9 Å². The van der Waals surface area contributed by atoms with Crippen molar-refractivity contribution < 1.29 is 26.7 Å². The highest BCUT2D eigenvalue weighted by molar-refractivity contribution is 5.87. The molecule has 1 aromatic carbocycles. The van der Waals surface area contributed by atoms with Crippen LogP contribution >= 0.6 is 0 Å². The highest BCUT2D eigenvalue weighted by Crippen LogP contribution is 2.29. The van der Waals surface area contributed by atoms with Crippen LogP contribution in [0.2, 0.25) is 0 Å². The number of nitrogens with two attached hydrogens (primary N) is 1. The summed E-state index contributed by atoms with van der Waals surface area (Å²) in [5.41, 5.74) is 5.86. The van der Waals surface area contributed by atoms with Crippen LogP contribution < -0.4 is 10.6 Å². The van der Waals surface area contributed by atoms with Crippen molar-refractivity contribution in [1.29, 1.82) is 5.26 Å². The number of hydrogen-bond donors (Lipinski definition) is 1. The molecule has 0 saturated carbocycles. The maximum atomic E-state index is 14.0. The number of halogens is 5. The molecule has 1 amide bonds. The van der Waals surface area contributed by atoms with Crippen LogP contribution in [-0.2, 0) is 11.3 Å². The molecule has 3 rings (SSSR count). The Morgan fingerprint density at radius 3 is 2.73 bits per heavy atom. The van der Waals surface area contributed by atoms with Gasteiger partial charge in [-0.15, -0.1) is 0 Å². The van der Waals surface area contributed by atoms with Crippen molar-refractivity contribution in [1.82, 2.24) is 14.5 Å². The van der Waals surface area contributed by atoms with E-state index in [1.165, 1.54) is 4.57 Å². The van der Waals surface area contributed by atoms with E-state index in [0.717, 1.165) is 19.2 Å². The third-order valence-corrected chi connectivity index (χ3v) is 4.91. The van der Waals surface area contributed by atoms with Gasteiger partial charge in [-0.3, -0.25) is 4.79 Å². The number of amides is 1. The third kappa shape index (κ3) is 4.46. The molecule has 1 saturated heterocycles.